The van der Waals surface area contributed by atoms with Gasteiger partial charge in [-0.25, -0.2) is 0 Å². The Kier molecular flexibility index (Phi) is 6.14. The van der Waals surface area contributed by atoms with E-state index >= 15 is 0 Å². The predicted octanol–water partition coefficient (Wildman–Crippen LogP) is 4.67. The Labute approximate surface area is 199 Å². The number of nitrogens with one attached hydrogen (secondary N) is 1. The van der Waals surface area contributed by atoms with Crippen molar-refractivity contribution >= 4 is 11.8 Å². The number of carbonyl (C=O) groups is 2. The second kappa shape index (κ2) is 9.37. The third kappa shape index (κ3) is 4.72. The van der Waals surface area contributed by atoms with Crippen LogP contribution in [0.3, 0.4) is 0 Å². The molecule has 0 bridgehead atoms. The highest BCUT2D eigenvalue weighted by Crippen LogP contribution is 2.38. The molecule has 1 fully saturated rings. The molecule has 3 aromatic rings. The lowest BCUT2D eigenvalue weighted by Crippen LogP contribution is -2.40. The zero-order valence-electron chi connectivity index (χ0n) is 19.6. The molecule has 1 aliphatic heterocycles. The number of amides is 2. The normalized spacial score (nSPS) is 18.2. The predicted molar refractivity (Wildman–Crippen MR) is 129 cm³/mol. The molecule has 1 N–H and O–H groups in total. The zero-order valence-corrected chi connectivity index (χ0v) is 19.6. The van der Waals surface area contributed by atoms with E-state index in [0.717, 1.165) is 29.7 Å². The monoisotopic (exact) mass is 458 g/mol. The van der Waals surface area contributed by atoms with E-state index in [1.165, 1.54) is 24.7 Å². The van der Waals surface area contributed by atoms with Crippen LogP contribution in [0.25, 0.3) is 0 Å². The smallest absolute Gasteiger partial charge is 0.290 e. The molecule has 2 heterocycles. The van der Waals surface area contributed by atoms with Gasteiger partial charge in [-0.3, -0.25) is 9.59 Å². The van der Waals surface area contributed by atoms with E-state index in [-0.39, 0.29) is 17.9 Å². The van der Waals surface area contributed by atoms with Gasteiger partial charge in [0, 0.05) is 13.1 Å². The van der Waals surface area contributed by atoms with Crippen LogP contribution in [-0.2, 0) is 11.2 Å². The molecule has 6 heteroatoms. The highest BCUT2D eigenvalue weighted by atomic mass is 16.5. The van der Waals surface area contributed by atoms with Gasteiger partial charge in [0.1, 0.15) is 5.75 Å². The number of fused-ring (bicyclic) bond motifs is 1. The van der Waals surface area contributed by atoms with Crippen molar-refractivity contribution in [3.8, 4) is 5.75 Å². The van der Waals surface area contributed by atoms with Crippen molar-refractivity contribution in [1.82, 2.24) is 10.2 Å². The van der Waals surface area contributed by atoms with E-state index in [4.69, 9.17) is 9.15 Å². The molecule has 0 unspecified atom stereocenters. The van der Waals surface area contributed by atoms with Gasteiger partial charge in [-0.15, -0.1) is 0 Å². The summed E-state index contributed by atoms with van der Waals surface area (Å²) in [4.78, 5) is 27.7. The van der Waals surface area contributed by atoms with Crippen LogP contribution in [-0.4, -0.2) is 35.9 Å². The molecular formula is C28H30N2O4. The van der Waals surface area contributed by atoms with Gasteiger partial charge in [0.2, 0.25) is 0 Å². The Balaban J connectivity index is 1.45. The summed E-state index contributed by atoms with van der Waals surface area (Å²) in [6.07, 6.45) is 4.04. The van der Waals surface area contributed by atoms with E-state index in [1.807, 2.05) is 36.1 Å². The average molecular weight is 459 g/mol. The van der Waals surface area contributed by atoms with E-state index in [1.54, 1.807) is 19.1 Å². The Morgan fingerprint density at radius 1 is 1.15 bits per heavy atom. The summed E-state index contributed by atoms with van der Waals surface area (Å²) in [7, 11) is 0. The minimum absolute atomic E-state index is 0.102. The molecule has 2 atom stereocenters. The summed E-state index contributed by atoms with van der Waals surface area (Å²) in [6, 6.07) is 17.3. The molecule has 0 saturated heterocycles. The van der Waals surface area contributed by atoms with Crippen LogP contribution in [0.1, 0.15) is 58.6 Å². The van der Waals surface area contributed by atoms with Gasteiger partial charge in [-0.1, -0.05) is 35.9 Å². The van der Waals surface area contributed by atoms with Gasteiger partial charge in [-0.05, 0) is 80.0 Å². The van der Waals surface area contributed by atoms with E-state index in [2.05, 4.69) is 23.5 Å². The molecule has 0 spiro atoms. The van der Waals surface area contributed by atoms with Crippen LogP contribution < -0.4 is 10.1 Å². The summed E-state index contributed by atoms with van der Waals surface area (Å²) in [5.41, 5.74) is 4.35. The molecule has 1 aliphatic carbocycles. The lowest BCUT2D eigenvalue weighted by Gasteiger charge is -2.37. The molecule has 5 rings (SSSR count). The molecule has 2 aliphatic rings. The third-order valence-corrected chi connectivity index (χ3v) is 6.64. The largest absolute Gasteiger partial charge is 0.481 e. The zero-order chi connectivity index (χ0) is 23.7. The topological polar surface area (TPSA) is 71.8 Å². The molecular weight excluding hydrogens is 428 g/mol. The van der Waals surface area contributed by atoms with Gasteiger partial charge < -0.3 is 19.4 Å². The van der Waals surface area contributed by atoms with Crippen molar-refractivity contribution in [1.29, 1.82) is 0 Å². The van der Waals surface area contributed by atoms with Crippen LogP contribution in [0.5, 0.6) is 5.75 Å². The maximum Gasteiger partial charge on any atom is 0.290 e. The van der Waals surface area contributed by atoms with E-state index < -0.39 is 6.10 Å². The number of hydrogen-bond donors (Lipinski definition) is 1. The molecule has 2 aromatic carbocycles. The number of aryl methyl sites for hydroxylation is 1. The van der Waals surface area contributed by atoms with Crippen LogP contribution in [0.2, 0.25) is 0 Å². The molecule has 1 aromatic heterocycles. The summed E-state index contributed by atoms with van der Waals surface area (Å²) in [6.45, 7) is 5.13. The van der Waals surface area contributed by atoms with Crippen LogP contribution in [0.4, 0.5) is 0 Å². The minimum Gasteiger partial charge on any atom is -0.481 e. The fraction of sp³-hybridized carbons (Fsp3) is 0.357. The summed E-state index contributed by atoms with van der Waals surface area (Å²) >= 11 is 0. The second-order valence-corrected chi connectivity index (χ2v) is 9.35. The van der Waals surface area contributed by atoms with E-state index in [0.29, 0.717) is 24.0 Å². The fourth-order valence-corrected chi connectivity index (χ4v) is 4.60. The van der Waals surface area contributed by atoms with Gasteiger partial charge in [-0.2, -0.15) is 0 Å². The van der Waals surface area contributed by atoms with Crippen LogP contribution in [0.15, 0.2) is 65.3 Å². The number of hydrogen-bond acceptors (Lipinski definition) is 4. The fourth-order valence-electron chi connectivity index (χ4n) is 4.60. The van der Waals surface area contributed by atoms with Crippen molar-refractivity contribution in [2.45, 2.75) is 45.3 Å². The Morgan fingerprint density at radius 3 is 2.74 bits per heavy atom. The first kappa shape index (κ1) is 22.3. The number of carbonyl (C=O) groups excluding carboxylic acids is 2. The maximum absolute atomic E-state index is 13.4. The first-order valence-electron chi connectivity index (χ1n) is 12.0. The van der Waals surface area contributed by atoms with Gasteiger partial charge in [0.05, 0.1) is 12.3 Å². The average Bonchev–Trinajstić information content (AvgIpc) is 3.51. The minimum atomic E-state index is -0.598. The van der Waals surface area contributed by atoms with Gasteiger partial charge in [0.25, 0.3) is 11.8 Å². The van der Waals surface area contributed by atoms with Crippen LogP contribution in [0, 0.1) is 12.8 Å². The first-order chi connectivity index (χ1) is 16.5. The van der Waals surface area contributed by atoms with Crippen LogP contribution >= 0.6 is 0 Å². The standard InChI is InChI=1S/C28H30N2O4/c1-18-5-3-6-22(15-18)26-24-16-23(34-19(2)27(31)29-17-20-8-9-20)11-10-21(24)12-13-30(26)28(32)25-7-4-14-33-25/h3-7,10-11,14-16,19-20,26H,8-9,12-13,17H2,1-2H3,(H,29,31)/t19-,26-/m1/s1. The van der Waals surface area contributed by atoms with Crippen molar-refractivity contribution in [2.24, 2.45) is 5.92 Å². The number of rotatable bonds is 7. The van der Waals surface area contributed by atoms with Gasteiger partial charge >= 0.3 is 0 Å². The first-order valence-corrected chi connectivity index (χ1v) is 12.0. The SMILES string of the molecule is Cc1cccc([C@@H]2c3cc(O[C@H](C)C(=O)NCC4CC4)ccc3CCN2C(=O)c2ccco2)c1. The lowest BCUT2D eigenvalue weighted by atomic mass is 9.87. The molecule has 176 valence electrons. The molecule has 2 amide bonds. The molecule has 34 heavy (non-hydrogen) atoms. The van der Waals surface area contributed by atoms with Crippen molar-refractivity contribution in [3.63, 3.8) is 0 Å². The summed E-state index contributed by atoms with van der Waals surface area (Å²) in [5, 5.41) is 2.98. The Bertz CT molecular complexity index is 1180. The highest BCUT2D eigenvalue weighted by molar-refractivity contribution is 5.92. The summed E-state index contributed by atoms with van der Waals surface area (Å²) < 4.78 is 11.5. The summed E-state index contributed by atoms with van der Waals surface area (Å²) in [5.74, 6) is 1.33. The molecule has 6 nitrogen and oxygen atoms in total. The van der Waals surface area contributed by atoms with Gasteiger partial charge in [0.15, 0.2) is 11.9 Å². The third-order valence-electron chi connectivity index (χ3n) is 6.64. The molecule has 1 saturated carbocycles. The Morgan fingerprint density at radius 2 is 2.00 bits per heavy atom. The lowest BCUT2D eigenvalue weighted by molar-refractivity contribution is -0.127. The number of ether oxygens (including phenoxy) is 1. The highest BCUT2D eigenvalue weighted by Gasteiger charge is 2.34. The number of benzene rings is 2. The Hall–Kier alpha value is -3.54. The van der Waals surface area contributed by atoms with E-state index in [9.17, 15) is 9.59 Å². The number of furan rings is 1. The second-order valence-electron chi connectivity index (χ2n) is 9.35. The quantitative estimate of drug-likeness (QED) is 0.559. The van der Waals surface area contributed by atoms with Crippen molar-refractivity contribution in [3.05, 3.63) is 88.9 Å². The van der Waals surface area contributed by atoms with Crippen molar-refractivity contribution < 1.29 is 18.7 Å². The van der Waals surface area contributed by atoms with Crippen molar-refractivity contribution in [2.75, 3.05) is 13.1 Å². The number of nitrogens with zero attached hydrogens (tertiary/aromatic N) is 1. The maximum atomic E-state index is 13.4. The molecule has 0 radical (unpaired) electrons.